The lowest BCUT2D eigenvalue weighted by Crippen LogP contribution is -2.28. The number of aliphatic hydroxyl groups excluding tert-OH is 1. The third kappa shape index (κ3) is 3.04. The molecule has 2 aromatic carbocycles. The average molecular weight is 360 g/mol. The molecule has 2 aliphatic rings. The monoisotopic (exact) mass is 360 g/mol. The van der Waals surface area contributed by atoms with Gasteiger partial charge < -0.3 is 5.11 Å². The Bertz CT molecular complexity index is 951. The van der Waals surface area contributed by atoms with Crippen molar-refractivity contribution in [2.24, 2.45) is 16.1 Å². The van der Waals surface area contributed by atoms with Gasteiger partial charge in [-0.1, -0.05) is 66.7 Å². The molecule has 0 saturated heterocycles. The molecule has 0 spiro atoms. The van der Waals surface area contributed by atoms with E-state index in [9.17, 15) is 9.90 Å². The second kappa shape index (κ2) is 6.81. The highest BCUT2D eigenvalue weighted by Crippen LogP contribution is 2.28. The van der Waals surface area contributed by atoms with Crippen molar-refractivity contribution in [2.75, 3.05) is 14.1 Å². The van der Waals surface area contributed by atoms with Crippen LogP contribution in [0.3, 0.4) is 0 Å². The molecule has 136 valence electrons. The molecule has 2 aromatic rings. The Morgan fingerprint density at radius 1 is 0.926 bits per heavy atom. The van der Waals surface area contributed by atoms with Gasteiger partial charge in [-0.2, -0.15) is 10.2 Å². The van der Waals surface area contributed by atoms with Crippen molar-refractivity contribution in [3.63, 3.8) is 0 Å². The maximum Gasteiger partial charge on any atom is 0.255 e. The lowest BCUT2D eigenvalue weighted by Gasteiger charge is -2.15. The molecule has 2 unspecified atom stereocenters. The summed E-state index contributed by atoms with van der Waals surface area (Å²) in [5.74, 6) is -0.696. The van der Waals surface area contributed by atoms with Gasteiger partial charge in [-0.05, 0) is 5.56 Å². The van der Waals surface area contributed by atoms with Crippen LogP contribution in [0.4, 0.5) is 0 Å². The molecule has 2 aliphatic heterocycles. The lowest BCUT2D eigenvalue weighted by molar-refractivity contribution is -0.129. The van der Waals surface area contributed by atoms with Gasteiger partial charge in [-0.15, -0.1) is 0 Å². The zero-order valence-corrected chi connectivity index (χ0v) is 15.1. The Hall–Kier alpha value is -3.25. The minimum atomic E-state index is -0.907. The van der Waals surface area contributed by atoms with Gasteiger partial charge in [0.25, 0.3) is 5.91 Å². The molecule has 0 aliphatic carbocycles. The number of rotatable bonds is 3. The molecular weight excluding hydrogens is 340 g/mol. The Labute approximate surface area is 157 Å². The second-order valence-corrected chi connectivity index (χ2v) is 6.57. The number of carbonyl (C=O) groups is 1. The number of likely N-dealkylation sites (N-methyl/N-ethyl adjacent to an activating group) is 1. The molecule has 0 saturated carbocycles. The molecule has 0 aromatic heterocycles. The van der Waals surface area contributed by atoms with Gasteiger partial charge in [0.1, 0.15) is 5.92 Å². The minimum Gasteiger partial charge on any atom is -0.368 e. The fourth-order valence-electron chi connectivity index (χ4n) is 3.35. The van der Waals surface area contributed by atoms with Gasteiger partial charge in [-0.25, -0.2) is 5.01 Å². The molecule has 4 rings (SSSR count). The van der Waals surface area contributed by atoms with Crippen LogP contribution < -0.4 is 0 Å². The summed E-state index contributed by atoms with van der Waals surface area (Å²) in [7, 11) is 3.36. The third-order valence-corrected chi connectivity index (χ3v) is 4.76. The Morgan fingerprint density at radius 3 is 2.15 bits per heavy atom. The third-order valence-electron chi connectivity index (χ3n) is 4.76. The van der Waals surface area contributed by atoms with E-state index in [1.807, 2.05) is 60.7 Å². The van der Waals surface area contributed by atoms with Gasteiger partial charge in [0.05, 0.1) is 11.4 Å². The first-order chi connectivity index (χ1) is 13.1. The first-order valence-electron chi connectivity index (χ1n) is 8.75. The quantitative estimate of drug-likeness (QED) is 0.911. The second-order valence-electron chi connectivity index (χ2n) is 6.57. The number of nitrogens with zero attached hydrogens (tertiary/aromatic N) is 4. The molecule has 6 heteroatoms. The Kier molecular flexibility index (Phi) is 4.33. The topological polar surface area (TPSA) is 68.5 Å². The van der Waals surface area contributed by atoms with Crippen LogP contribution in [0.5, 0.6) is 0 Å². The van der Waals surface area contributed by atoms with Crippen LogP contribution in [-0.2, 0) is 4.79 Å². The fraction of sp³-hybridized carbons (Fsp3) is 0.190. The molecule has 0 fully saturated rings. The van der Waals surface area contributed by atoms with Crippen LogP contribution in [0, 0.1) is 5.92 Å². The summed E-state index contributed by atoms with van der Waals surface area (Å²) < 4.78 is 0. The molecule has 2 atom stereocenters. The first kappa shape index (κ1) is 17.2. The Morgan fingerprint density at radius 2 is 1.52 bits per heavy atom. The molecule has 1 N–H and O–H groups in total. The van der Waals surface area contributed by atoms with E-state index in [0.29, 0.717) is 17.0 Å². The highest BCUT2D eigenvalue weighted by atomic mass is 16.3. The summed E-state index contributed by atoms with van der Waals surface area (Å²) in [6.07, 6.45) is 0.883. The number of benzene rings is 2. The summed E-state index contributed by atoms with van der Waals surface area (Å²) in [6.45, 7) is 0. The van der Waals surface area contributed by atoms with Crippen LogP contribution in [0.15, 0.2) is 82.5 Å². The number of hydrogen-bond acceptors (Lipinski definition) is 5. The normalized spacial score (nSPS) is 23.8. The maximum atomic E-state index is 12.7. The van der Waals surface area contributed by atoms with Crippen molar-refractivity contribution in [2.45, 2.75) is 6.23 Å². The molecule has 0 bridgehead atoms. The van der Waals surface area contributed by atoms with Crippen molar-refractivity contribution in [3.8, 4) is 0 Å². The van der Waals surface area contributed by atoms with Crippen LogP contribution in [-0.4, -0.2) is 52.8 Å². The van der Waals surface area contributed by atoms with E-state index in [4.69, 9.17) is 0 Å². The van der Waals surface area contributed by atoms with Gasteiger partial charge in [0.2, 0.25) is 0 Å². The van der Waals surface area contributed by atoms with Gasteiger partial charge in [0, 0.05) is 25.2 Å². The largest absolute Gasteiger partial charge is 0.368 e. The highest BCUT2D eigenvalue weighted by Gasteiger charge is 2.37. The number of amides is 1. The predicted molar refractivity (Wildman–Crippen MR) is 104 cm³/mol. The number of hydrazone groups is 2. The molecule has 27 heavy (non-hydrogen) atoms. The van der Waals surface area contributed by atoms with E-state index in [1.165, 1.54) is 10.0 Å². The summed E-state index contributed by atoms with van der Waals surface area (Å²) in [5.41, 5.74) is 3.73. The molecule has 2 heterocycles. The summed E-state index contributed by atoms with van der Waals surface area (Å²) in [5, 5.41) is 22.4. The maximum absolute atomic E-state index is 12.7. The van der Waals surface area contributed by atoms with Crippen LogP contribution >= 0.6 is 0 Å². The van der Waals surface area contributed by atoms with Crippen molar-refractivity contribution in [1.82, 2.24) is 10.0 Å². The van der Waals surface area contributed by atoms with Crippen molar-refractivity contribution in [3.05, 3.63) is 83.4 Å². The molecular formula is C21H20N4O2. The standard InChI is InChI=1S/C21H20N4O2/c1-24-20(26)16(18(22-24)14-9-5-3-6-10-14)13-17-19(23-25(2)21(17)27)15-11-7-4-8-12-15/h3-13,16,21,27H,1-2H3/b17-13-. The number of hydrogen-bond donors (Lipinski definition) is 1. The van der Waals surface area contributed by atoms with Gasteiger partial charge in [-0.3, -0.25) is 9.80 Å². The van der Waals surface area contributed by atoms with Crippen molar-refractivity contribution in [1.29, 1.82) is 0 Å². The summed E-state index contributed by atoms with van der Waals surface area (Å²) in [4.78, 5) is 12.7. The number of aliphatic hydroxyl groups is 1. The van der Waals surface area contributed by atoms with E-state index in [1.54, 1.807) is 20.2 Å². The predicted octanol–water partition coefficient (Wildman–Crippen LogP) is 2.07. The van der Waals surface area contributed by atoms with E-state index in [0.717, 1.165) is 11.1 Å². The summed E-state index contributed by atoms with van der Waals surface area (Å²) >= 11 is 0. The lowest BCUT2D eigenvalue weighted by atomic mass is 9.91. The summed E-state index contributed by atoms with van der Waals surface area (Å²) in [6, 6.07) is 19.3. The molecule has 1 amide bonds. The molecule has 6 nitrogen and oxygen atoms in total. The number of carbonyl (C=O) groups excluding carboxylic acids is 1. The van der Waals surface area contributed by atoms with Crippen molar-refractivity contribution >= 4 is 17.3 Å². The van der Waals surface area contributed by atoms with Crippen LogP contribution in [0.2, 0.25) is 0 Å². The van der Waals surface area contributed by atoms with E-state index >= 15 is 0 Å². The van der Waals surface area contributed by atoms with E-state index in [2.05, 4.69) is 10.2 Å². The van der Waals surface area contributed by atoms with Gasteiger partial charge >= 0.3 is 0 Å². The van der Waals surface area contributed by atoms with E-state index in [-0.39, 0.29) is 5.91 Å². The van der Waals surface area contributed by atoms with E-state index < -0.39 is 12.1 Å². The Balaban J connectivity index is 1.77. The smallest absolute Gasteiger partial charge is 0.255 e. The van der Waals surface area contributed by atoms with Crippen LogP contribution in [0.1, 0.15) is 11.1 Å². The molecule has 0 radical (unpaired) electrons. The zero-order valence-electron chi connectivity index (χ0n) is 15.1. The van der Waals surface area contributed by atoms with Crippen LogP contribution in [0.25, 0.3) is 0 Å². The fourth-order valence-corrected chi connectivity index (χ4v) is 3.35. The first-order valence-corrected chi connectivity index (χ1v) is 8.75. The van der Waals surface area contributed by atoms with Crippen molar-refractivity contribution < 1.29 is 9.90 Å². The highest BCUT2D eigenvalue weighted by molar-refractivity contribution is 6.20. The van der Waals surface area contributed by atoms with Gasteiger partial charge in [0.15, 0.2) is 6.23 Å². The zero-order chi connectivity index (χ0) is 19.0. The SMILES string of the molecule is CN1N=C(c2ccccc2)C(/C=C2/C(c3ccccc3)=NN(C)C2O)C1=O. The average Bonchev–Trinajstić information content (AvgIpc) is 3.15. The minimum absolute atomic E-state index is 0.129.